The zero-order valence-electron chi connectivity index (χ0n) is 10.4. The highest BCUT2D eigenvalue weighted by atomic mass is 19.1. The molecule has 0 saturated heterocycles. The Bertz CT molecular complexity index is 934. The smallest absolute Gasteiger partial charge is 0.123 e. The molecule has 0 amide bonds. The van der Waals surface area contributed by atoms with Gasteiger partial charge in [-0.1, -0.05) is 0 Å². The van der Waals surface area contributed by atoms with E-state index in [0.29, 0.717) is 0 Å². The Kier molecular flexibility index (Phi) is 2.21. The van der Waals surface area contributed by atoms with Gasteiger partial charge in [-0.2, -0.15) is 0 Å². The molecule has 20 heavy (non-hydrogen) atoms. The first-order chi connectivity index (χ1) is 9.70. The van der Waals surface area contributed by atoms with Crippen molar-refractivity contribution in [3.8, 4) is 11.3 Å². The topological polar surface area (TPSA) is 31.6 Å². The molecule has 0 aliphatic carbocycles. The summed E-state index contributed by atoms with van der Waals surface area (Å²) >= 11 is 0. The Morgan fingerprint density at radius 3 is 2.40 bits per heavy atom. The highest BCUT2D eigenvalue weighted by molar-refractivity contribution is 5.97. The van der Waals surface area contributed by atoms with Gasteiger partial charge in [0.1, 0.15) is 11.6 Å². The average molecular weight is 268 g/mol. The van der Waals surface area contributed by atoms with Gasteiger partial charge in [0.2, 0.25) is 0 Å². The van der Waals surface area contributed by atoms with Gasteiger partial charge in [-0.3, -0.25) is 0 Å². The first-order valence-electron chi connectivity index (χ1n) is 6.26. The third-order valence-electron chi connectivity index (χ3n) is 3.52. The lowest BCUT2D eigenvalue weighted by molar-refractivity contribution is 0.629. The SMILES string of the molecule is Fc1ccc2[nH]c(-c3c[nH]c4ccc(F)cc34)cc2c1. The largest absolute Gasteiger partial charge is 0.360 e. The van der Waals surface area contributed by atoms with Crippen molar-refractivity contribution in [2.24, 2.45) is 0 Å². The van der Waals surface area contributed by atoms with Gasteiger partial charge in [-0.15, -0.1) is 0 Å². The van der Waals surface area contributed by atoms with Crippen LogP contribution in [0.3, 0.4) is 0 Å². The number of hydrogen-bond acceptors (Lipinski definition) is 0. The van der Waals surface area contributed by atoms with Gasteiger partial charge in [0.15, 0.2) is 0 Å². The Morgan fingerprint density at radius 1 is 0.800 bits per heavy atom. The molecule has 4 rings (SSSR count). The quantitative estimate of drug-likeness (QED) is 0.506. The van der Waals surface area contributed by atoms with E-state index in [0.717, 1.165) is 33.1 Å². The van der Waals surface area contributed by atoms with Crippen LogP contribution < -0.4 is 0 Å². The van der Waals surface area contributed by atoms with E-state index < -0.39 is 0 Å². The van der Waals surface area contributed by atoms with Gasteiger partial charge >= 0.3 is 0 Å². The number of hydrogen-bond donors (Lipinski definition) is 2. The van der Waals surface area contributed by atoms with Gasteiger partial charge in [-0.25, -0.2) is 8.78 Å². The van der Waals surface area contributed by atoms with Crippen LogP contribution in [0.1, 0.15) is 0 Å². The molecular formula is C16H10F2N2. The summed E-state index contributed by atoms with van der Waals surface area (Å²) in [7, 11) is 0. The number of halogens is 2. The predicted octanol–water partition coefficient (Wildman–Crippen LogP) is 4.59. The van der Waals surface area contributed by atoms with Crippen molar-refractivity contribution < 1.29 is 8.78 Å². The first-order valence-corrected chi connectivity index (χ1v) is 6.26. The van der Waals surface area contributed by atoms with Gasteiger partial charge < -0.3 is 9.97 Å². The van der Waals surface area contributed by atoms with Crippen molar-refractivity contribution in [2.75, 3.05) is 0 Å². The minimum absolute atomic E-state index is 0.270. The normalized spacial score (nSPS) is 11.5. The zero-order valence-corrected chi connectivity index (χ0v) is 10.4. The second-order valence-corrected chi connectivity index (χ2v) is 4.81. The van der Waals surface area contributed by atoms with Crippen molar-refractivity contribution in [1.29, 1.82) is 0 Å². The Labute approximate surface area is 113 Å². The molecule has 98 valence electrons. The maximum atomic E-state index is 13.4. The Hall–Kier alpha value is -2.62. The van der Waals surface area contributed by atoms with Crippen molar-refractivity contribution in [3.63, 3.8) is 0 Å². The summed E-state index contributed by atoms with van der Waals surface area (Å²) in [4.78, 5) is 6.34. The molecule has 4 heteroatoms. The summed E-state index contributed by atoms with van der Waals surface area (Å²) in [6, 6.07) is 11.1. The van der Waals surface area contributed by atoms with Crippen LogP contribution in [0.5, 0.6) is 0 Å². The van der Waals surface area contributed by atoms with Crippen LogP contribution in [0.15, 0.2) is 48.7 Å². The molecule has 0 saturated carbocycles. The highest BCUT2D eigenvalue weighted by Crippen LogP contribution is 2.31. The molecule has 0 spiro atoms. The third-order valence-corrected chi connectivity index (χ3v) is 3.52. The summed E-state index contributed by atoms with van der Waals surface area (Å²) in [5.41, 5.74) is 3.43. The summed E-state index contributed by atoms with van der Waals surface area (Å²) in [6.07, 6.45) is 1.82. The number of aromatic nitrogens is 2. The summed E-state index contributed by atoms with van der Waals surface area (Å²) in [5, 5.41) is 1.60. The summed E-state index contributed by atoms with van der Waals surface area (Å²) < 4.78 is 26.6. The van der Waals surface area contributed by atoms with E-state index in [2.05, 4.69) is 9.97 Å². The van der Waals surface area contributed by atoms with Gasteiger partial charge in [0.05, 0.1) is 0 Å². The first kappa shape index (κ1) is 11.2. The second-order valence-electron chi connectivity index (χ2n) is 4.81. The van der Waals surface area contributed by atoms with Crippen LogP contribution in [0, 0.1) is 11.6 Å². The average Bonchev–Trinajstić information content (AvgIpc) is 3.00. The lowest BCUT2D eigenvalue weighted by Crippen LogP contribution is -1.76. The fourth-order valence-corrected chi connectivity index (χ4v) is 2.56. The number of fused-ring (bicyclic) bond motifs is 2. The van der Waals surface area contributed by atoms with Crippen LogP contribution >= 0.6 is 0 Å². The predicted molar refractivity (Wildman–Crippen MR) is 75.5 cm³/mol. The monoisotopic (exact) mass is 268 g/mol. The molecule has 4 aromatic rings. The van der Waals surface area contributed by atoms with Crippen molar-refractivity contribution >= 4 is 21.8 Å². The molecule has 0 bridgehead atoms. The van der Waals surface area contributed by atoms with Crippen molar-refractivity contribution in [3.05, 3.63) is 60.3 Å². The van der Waals surface area contributed by atoms with E-state index >= 15 is 0 Å². The van der Waals surface area contributed by atoms with Gasteiger partial charge in [0, 0.05) is 39.3 Å². The lowest BCUT2D eigenvalue weighted by atomic mass is 10.1. The Balaban J connectivity index is 1.98. The molecule has 2 N–H and O–H groups in total. The van der Waals surface area contributed by atoms with Crippen LogP contribution in [0.25, 0.3) is 33.1 Å². The fraction of sp³-hybridized carbons (Fsp3) is 0. The van der Waals surface area contributed by atoms with Gasteiger partial charge in [0.25, 0.3) is 0 Å². The number of rotatable bonds is 1. The zero-order chi connectivity index (χ0) is 13.7. The van der Waals surface area contributed by atoms with E-state index in [1.165, 1.54) is 24.3 Å². The third kappa shape index (κ3) is 1.61. The van der Waals surface area contributed by atoms with Crippen LogP contribution in [0.4, 0.5) is 8.78 Å². The Morgan fingerprint density at radius 2 is 1.55 bits per heavy atom. The molecule has 0 atom stereocenters. The number of H-pyrrole nitrogens is 2. The van der Waals surface area contributed by atoms with Crippen LogP contribution in [-0.2, 0) is 0 Å². The van der Waals surface area contributed by atoms with E-state index in [1.807, 2.05) is 12.3 Å². The second kappa shape index (κ2) is 3.93. The molecule has 2 aromatic heterocycles. The van der Waals surface area contributed by atoms with Crippen LogP contribution in [0.2, 0.25) is 0 Å². The maximum absolute atomic E-state index is 13.4. The molecule has 0 aliphatic rings. The lowest BCUT2D eigenvalue weighted by Gasteiger charge is -1.95. The maximum Gasteiger partial charge on any atom is 0.123 e. The van der Waals surface area contributed by atoms with E-state index in [-0.39, 0.29) is 11.6 Å². The van der Waals surface area contributed by atoms with E-state index in [4.69, 9.17) is 0 Å². The standard InChI is InChI=1S/C16H10F2N2/c17-10-1-3-14-9(5-10)6-16(20-14)13-8-19-15-4-2-11(18)7-12(13)15/h1-8,19-20H. The molecule has 2 nitrogen and oxygen atoms in total. The fourth-order valence-electron chi connectivity index (χ4n) is 2.56. The minimum atomic E-state index is -0.277. The molecule has 0 radical (unpaired) electrons. The van der Waals surface area contributed by atoms with E-state index in [9.17, 15) is 8.78 Å². The highest BCUT2D eigenvalue weighted by Gasteiger charge is 2.10. The number of nitrogens with one attached hydrogen (secondary N) is 2. The number of benzene rings is 2. The van der Waals surface area contributed by atoms with E-state index in [1.54, 1.807) is 12.1 Å². The molecule has 0 aliphatic heterocycles. The van der Waals surface area contributed by atoms with Gasteiger partial charge in [-0.05, 0) is 42.5 Å². The van der Waals surface area contributed by atoms with Crippen molar-refractivity contribution in [2.45, 2.75) is 0 Å². The minimum Gasteiger partial charge on any atom is -0.360 e. The molecule has 2 heterocycles. The van der Waals surface area contributed by atoms with Crippen LogP contribution in [-0.4, -0.2) is 9.97 Å². The summed E-state index contributed by atoms with van der Waals surface area (Å²) in [5.74, 6) is -0.548. The summed E-state index contributed by atoms with van der Waals surface area (Å²) in [6.45, 7) is 0. The molecular weight excluding hydrogens is 258 g/mol. The van der Waals surface area contributed by atoms with Crippen molar-refractivity contribution in [1.82, 2.24) is 9.97 Å². The molecule has 0 unspecified atom stereocenters. The molecule has 2 aromatic carbocycles. The molecule has 0 fully saturated rings. The number of aromatic amines is 2.